The second-order valence-electron chi connectivity index (χ2n) is 11.9. The number of rotatable bonds is 10. The second-order valence-corrected chi connectivity index (χ2v) is 11.9. The minimum atomic E-state index is -3.70. The molecule has 0 heterocycles. The first-order chi connectivity index (χ1) is 17.8. The van der Waals surface area contributed by atoms with Crippen LogP contribution >= 0.6 is 0 Å². The third kappa shape index (κ3) is 7.40. The van der Waals surface area contributed by atoms with Crippen molar-refractivity contribution in [3.63, 3.8) is 0 Å². The van der Waals surface area contributed by atoms with Crippen LogP contribution in [-0.2, 0) is 10.8 Å². The monoisotopic (exact) mass is 514 g/mol. The number of alkyl halides is 2. The summed E-state index contributed by atoms with van der Waals surface area (Å²) < 4.78 is 50.3. The standard InChI is InChI=1S/C33H45F3O/c1-4-5-6-7-25-10-14-29(15-11-25)30-20-21-31(32(34)22-30)33(35,36)37-24(3)26-16-18-28(19-17-26)27-12-8-23(2)9-13-27/h16-25,27,29H,4-15H2,1-3H3. The lowest BCUT2D eigenvalue weighted by atomic mass is 9.77. The normalized spacial score (nSPS) is 25.7. The van der Waals surface area contributed by atoms with Gasteiger partial charge < -0.3 is 4.74 Å². The molecule has 1 nitrogen and oxygen atoms in total. The average Bonchev–Trinajstić information content (AvgIpc) is 2.89. The van der Waals surface area contributed by atoms with Gasteiger partial charge in [0, 0.05) is 0 Å². The maximum atomic E-state index is 15.1. The first-order valence-corrected chi connectivity index (χ1v) is 14.7. The highest BCUT2D eigenvalue weighted by Gasteiger charge is 2.38. The number of unbranched alkanes of at least 4 members (excludes halogenated alkanes) is 2. The fourth-order valence-electron chi connectivity index (χ4n) is 6.47. The SMILES string of the molecule is CCCCCC1CCC(c2ccc(C(F)(F)OC(C)c3ccc(C4CCC(C)CC4)cc3)c(F)c2)CC1. The van der Waals surface area contributed by atoms with Crippen molar-refractivity contribution >= 4 is 0 Å². The minimum absolute atomic E-state index is 0.255. The molecule has 2 fully saturated rings. The molecular formula is C33H45F3O. The van der Waals surface area contributed by atoms with Gasteiger partial charge in [0.15, 0.2) is 0 Å². The molecule has 204 valence electrons. The van der Waals surface area contributed by atoms with E-state index in [1.165, 1.54) is 69.1 Å². The first kappa shape index (κ1) is 28.2. The molecule has 0 amide bonds. The Hall–Kier alpha value is -1.81. The van der Waals surface area contributed by atoms with Crippen LogP contribution in [0.15, 0.2) is 42.5 Å². The minimum Gasteiger partial charge on any atom is -0.309 e. The molecule has 1 atom stereocenters. The summed E-state index contributed by atoms with van der Waals surface area (Å²) in [6, 6.07) is 12.1. The van der Waals surface area contributed by atoms with Crippen LogP contribution in [-0.4, -0.2) is 0 Å². The van der Waals surface area contributed by atoms with Crippen molar-refractivity contribution in [3.05, 3.63) is 70.5 Å². The van der Waals surface area contributed by atoms with Crippen LogP contribution < -0.4 is 0 Å². The van der Waals surface area contributed by atoms with Crippen molar-refractivity contribution in [2.45, 2.75) is 122 Å². The quantitative estimate of drug-likeness (QED) is 0.287. The highest BCUT2D eigenvalue weighted by molar-refractivity contribution is 5.30. The van der Waals surface area contributed by atoms with Crippen LogP contribution in [0.5, 0.6) is 0 Å². The van der Waals surface area contributed by atoms with Crippen molar-refractivity contribution in [2.75, 3.05) is 0 Å². The van der Waals surface area contributed by atoms with Crippen LogP contribution in [0.3, 0.4) is 0 Å². The van der Waals surface area contributed by atoms with E-state index in [9.17, 15) is 4.39 Å². The summed E-state index contributed by atoms with van der Waals surface area (Å²) in [7, 11) is 0. The lowest BCUT2D eigenvalue weighted by Gasteiger charge is -2.29. The first-order valence-electron chi connectivity index (χ1n) is 14.7. The Morgan fingerprint density at radius 3 is 2.05 bits per heavy atom. The molecule has 37 heavy (non-hydrogen) atoms. The molecule has 4 rings (SSSR count). The van der Waals surface area contributed by atoms with Crippen molar-refractivity contribution < 1.29 is 17.9 Å². The Morgan fingerprint density at radius 2 is 1.43 bits per heavy atom. The molecule has 2 aromatic rings. The third-order valence-electron chi connectivity index (χ3n) is 9.06. The van der Waals surface area contributed by atoms with Gasteiger partial charge >= 0.3 is 6.11 Å². The lowest BCUT2D eigenvalue weighted by molar-refractivity contribution is -0.273. The van der Waals surface area contributed by atoms with Gasteiger partial charge in [-0.15, -0.1) is 0 Å². The zero-order valence-electron chi connectivity index (χ0n) is 23.0. The molecule has 2 aliphatic carbocycles. The molecule has 2 aliphatic rings. The second kappa shape index (κ2) is 12.8. The number of ether oxygens (including phenoxy) is 1. The molecule has 0 spiro atoms. The zero-order chi connectivity index (χ0) is 26.4. The van der Waals surface area contributed by atoms with Crippen LogP contribution in [0.25, 0.3) is 0 Å². The smallest absolute Gasteiger partial charge is 0.309 e. The summed E-state index contributed by atoms with van der Waals surface area (Å²) in [6.45, 7) is 6.13. The zero-order valence-corrected chi connectivity index (χ0v) is 23.0. The predicted molar refractivity (Wildman–Crippen MR) is 145 cm³/mol. The fourth-order valence-corrected chi connectivity index (χ4v) is 6.47. The molecular weight excluding hydrogens is 469 g/mol. The molecule has 2 saturated carbocycles. The van der Waals surface area contributed by atoms with Gasteiger partial charge in [0.25, 0.3) is 0 Å². The van der Waals surface area contributed by atoms with Crippen LogP contribution in [0.4, 0.5) is 13.2 Å². The molecule has 0 N–H and O–H groups in total. The topological polar surface area (TPSA) is 9.23 Å². The summed E-state index contributed by atoms with van der Waals surface area (Å²) in [5.41, 5.74) is 2.11. The molecule has 0 saturated heterocycles. The third-order valence-corrected chi connectivity index (χ3v) is 9.06. The molecule has 2 aromatic carbocycles. The van der Waals surface area contributed by atoms with Crippen LogP contribution in [0.1, 0.15) is 138 Å². The van der Waals surface area contributed by atoms with E-state index in [1.54, 1.807) is 13.0 Å². The Balaban J connectivity index is 1.34. The van der Waals surface area contributed by atoms with Gasteiger partial charge in [0.1, 0.15) is 5.82 Å². The highest BCUT2D eigenvalue weighted by atomic mass is 19.3. The van der Waals surface area contributed by atoms with Gasteiger partial charge in [-0.2, -0.15) is 8.78 Å². The fraction of sp³-hybridized carbons (Fsp3) is 0.636. The molecule has 0 aliphatic heterocycles. The van der Waals surface area contributed by atoms with E-state index in [2.05, 4.69) is 13.8 Å². The van der Waals surface area contributed by atoms with Crippen molar-refractivity contribution in [1.29, 1.82) is 0 Å². The van der Waals surface area contributed by atoms with Gasteiger partial charge in [0.2, 0.25) is 0 Å². The Labute approximate surface area is 222 Å². The van der Waals surface area contributed by atoms with Crippen molar-refractivity contribution in [1.82, 2.24) is 0 Å². The summed E-state index contributed by atoms with van der Waals surface area (Å²) >= 11 is 0. The molecule has 4 heteroatoms. The van der Waals surface area contributed by atoms with E-state index in [4.69, 9.17) is 4.74 Å². The van der Waals surface area contributed by atoms with Gasteiger partial charge in [0.05, 0.1) is 11.7 Å². The van der Waals surface area contributed by atoms with E-state index >= 15 is 8.78 Å². The van der Waals surface area contributed by atoms with E-state index < -0.39 is 23.6 Å². The maximum absolute atomic E-state index is 15.1. The summed E-state index contributed by atoms with van der Waals surface area (Å²) in [5, 5.41) is 0. The lowest BCUT2D eigenvalue weighted by Crippen LogP contribution is -2.22. The molecule has 1 unspecified atom stereocenters. The Morgan fingerprint density at radius 1 is 0.838 bits per heavy atom. The van der Waals surface area contributed by atoms with Gasteiger partial charge in [-0.3, -0.25) is 0 Å². The maximum Gasteiger partial charge on any atom is 0.386 e. The summed E-state index contributed by atoms with van der Waals surface area (Å²) in [5.74, 6) is 1.47. The van der Waals surface area contributed by atoms with Crippen LogP contribution in [0.2, 0.25) is 0 Å². The largest absolute Gasteiger partial charge is 0.386 e. The van der Waals surface area contributed by atoms with Gasteiger partial charge in [-0.05, 0) is 97.9 Å². The van der Waals surface area contributed by atoms with Crippen molar-refractivity contribution in [2.24, 2.45) is 11.8 Å². The number of hydrogen-bond acceptors (Lipinski definition) is 1. The van der Waals surface area contributed by atoms with E-state index in [1.807, 2.05) is 24.3 Å². The molecule has 0 aromatic heterocycles. The van der Waals surface area contributed by atoms with E-state index in [-0.39, 0.29) is 5.92 Å². The summed E-state index contributed by atoms with van der Waals surface area (Å²) in [4.78, 5) is 0. The average molecular weight is 515 g/mol. The van der Waals surface area contributed by atoms with Crippen molar-refractivity contribution in [3.8, 4) is 0 Å². The summed E-state index contributed by atoms with van der Waals surface area (Å²) in [6.07, 6.45) is 9.68. The molecule has 0 radical (unpaired) electrons. The Bertz CT molecular complexity index is 970. The predicted octanol–water partition coefficient (Wildman–Crippen LogP) is 10.8. The highest BCUT2D eigenvalue weighted by Crippen LogP contribution is 2.41. The van der Waals surface area contributed by atoms with E-state index in [0.29, 0.717) is 11.5 Å². The Kier molecular flexibility index (Phi) is 9.78. The van der Waals surface area contributed by atoms with Gasteiger partial charge in [-0.25, -0.2) is 4.39 Å². The van der Waals surface area contributed by atoms with Gasteiger partial charge in [-0.1, -0.05) is 82.7 Å². The molecule has 0 bridgehead atoms. The van der Waals surface area contributed by atoms with E-state index in [0.717, 1.165) is 43.1 Å². The number of hydrogen-bond donors (Lipinski definition) is 0. The number of benzene rings is 2. The van der Waals surface area contributed by atoms with Crippen LogP contribution in [0, 0.1) is 17.7 Å². The number of halogens is 3.